The number of hydrogen-bond acceptors (Lipinski definition) is 6. The van der Waals surface area contributed by atoms with Gasteiger partial charge in [0.1, 0.15) is 35.1 Å². The second-order valence-electron chi connectivity index (χ2n) is 7.06. The number of nitrogens with one attached hydrogen (secondary N) is 2. The lowest BCUT2D eigenvalue weighted by Gasteiger charge is -2.20. The summed E-state index contributed by atoms with van der Waals surface area (Å²) in [5.41, 5.74) is 0.0686. The summed E-state index contributed by atoms with van der Waals surface area (Å²) < 4.78 is 43.4. The van der Waals surface area contributed by atoms with Crippen LogP contribution >= 0.6 is 0 Å². The van der Waals surface area contributed by atoms with Crippen molar-refractivity contribution in [3.8, 4) is 5.69 Å². The molecule has 1 unspecified atom stereocenters. The Labute approximate surface area is 177 Å². The van der Waals surface area contributed by atoms with Crippen LogP contribution < -0.4 is 10.9 Å². The van der Waals surface area contributed by atoms with Gasteiger partial charge in [-0.2, -0.15) is 0 Å². The van der Waals surface area contributed by atoms with Crippen LogP contribution in [0.2, 0.25) is 0 Å². The van der Waals surface area contributed by atoms with Gasteiger partial charge in [-0.1, -0.05) is 0 Å². The number of benzene rings is 2. The summed E-state index contributed by atoms with van der Waals surface area (Å²) in [7, 11) is 0. The Bertz CT molecular complexity index is 1550. The molecular formula is C21H14F3N7O. The summed E-state index contributed by atoms with van der Waals surface area (Å²) in [6.07, 6.45) is 2.78. The van der Waals surface area contributed by atoms with Crippen molar-refractivity contribution in [1.29, 1.82) is 0 Å². The Morgan fingerprint density at radius 3 is 2.66 bits per heavy atom. The van der Waals surface area contributed by atoms with Gasteiger partial charge in [0, 0.05) is 6.07 Å². The largest absolute Gasteiger partial charge is 0.358 e. The normalized spacial score (nSPS) is 12.4. The molecule has 8 nitrogen and oxygen atoms in total. The molecule has 0 aliphatic rings. The first-order valence-corrected chi connectivity index (χ1v) is 9.50. The Hall–Kier alpha value is -4.28. The average molecular weight is 437 g/mol. The summed E-state index contributed by atoms with van der Waals surface area (Å²) in [5.74, 6) is -1.81. The van der Waals surface area contributed by atoms with Gasteiger partial charge in [-0.25, -0.2) is 33.1 Å². The Kier molecular flexibility index (Phi) is 4.58. The first-order valence-electron chi connectivity index (χ1n) is 9.50. The minimum Gasteiger partial charge on any atom is -0.358 e. The molecule has 0 aliphatic heterocycles. The number of anilines is 1. The van der Waals surface area contributed by atoms with E-state index in [1.54, 1.807) is 6.92 Å². The van der Waals surface area contributed by atoms with Crippen LogP contribution in [-0.4, -0.2) is 29.5 Å². The summed E-state index contributed by atoms with van der Waals surface area (Å²) in [6.45, 7) is 1.67. The number of hydrogen-bond donors (Lipinski definition) is 2. The van der Waals surface area contributed by atoms with Crippen molar-refractivity contribution in [2.45, 2.75) is 13.0 Å². The molecule has 11 heteroatoms. The minimum absolute atomic E-state index is 0.0682. The zero-order chi connectivity index (χ0) is 22.4. The Morgan fingerprint density at radius 1 is 1.03 bits per heavy atom. The summed E-state index contributed by atoms with van der Waals surface area (Å²) in [6, 6.07) is 5.55. The summed E-state index contributed by atoms with van der Waals surface area (Å²) in [4.78, 5) is 33.0. The molecule has 0 saturated carbocycles. The molecule has 1 atom stereocenters. The van der Waals surface area contributed by atoms with E-state index in [-0.39, 0.29) is 22.4 Å². The maximum atomic E-state index is 14.7. The van der Waals surface area contributed by atoms with E-state index in [1.165, 1.54) is 24.8 Å². The molecule has 2 N–H and O–H groups in total. The highest BCUT2D eigenvalue weighted by atomic mass is 19.1. The number of rotatable bonds is 4. The van der Waals surface area contributed by atoms with Gasteiger partial charge >= 0.3 is 0 Å². The van der Waals surface area contributed by atoms with Crippen molar-refractivity contribution in [2.24, 2.45) is 0 Å². The van der Waals surface area contributed by atoms with E-state index in [0.717, 1.165) is 28.8 Å². The molecule has 5 rings (SSSR count). The fraction of sp³-hybridized carbons (Fsp3) is 0.0952. The zero-order valence-corrected chi connectivity index (χ0v) is 16.5. The van der Waals surface area contributed by atoms with Crippen LogP contribution in [0.25, 0.3) is 27.8 Å². The molecule has 0 spiro atoms. The van der Waals surface area contributed by atoms with E-state index in [2.05, 4.69) is 30.2 Å². The van der Waals surface area contributed by atoms with Crippen LogP contribution in [-0.2, 0) is 0 Å². The predicted molar refractivity (Wildman–Crippen MR) is 111 cm³/mol. The van der Waals surface area contributed by atoms with Gasteiger partial charge < -0.3 is 10.3 Å². The van der Waals surface area contributed by atoms with Crippen molar-refractivity contribution in [3.63, 3.8) is 0 Å². The molecule has 0 saturated heterocycles. The number of nitrogens with zero attached hydrogens (tertiary/aromatic N) is 5. The highest BCUT2D eigenvalue weighted by molar-refractivity contribution is 5.82. The van der Waals surface area contributed by atoms with Crippen molar-refractivity contribution in [1.82, 2.24) is 29.5 Å². The summed E-state index contributed by atoms with van der Waals surface area (Å²) >= 11 is 0. The second-order valence-corrected chi connectivity index (χ2v) is 7.06. The average Bonchev–Trinajstić information content (AvgIpc) is 3.26. The highest BCUT2D eigenvalue weighted by Crippen LogP contribution is 2.25. The first-order chi connectivity index (χ1) is 15.4. The van der Waals surface area contributed by atoms with Crippen LogP contribution in [0.5, 0.6) is 0 Å². The third kappa shape index (κ3) is 3.23. The number of fused-ring (bicyclic) bond motifs is 2. The van der Waals surface area contributed by atoms with Crippen molar-refractivity contribution < 1.29 is 13.2 Å². The van der Waals surface area contributed by atoms with E-state index in [0.29, 0.717) is 17.0 Å². The van der Waals surface area contributed by atoms with Gasteiger partial charge in [-0.15, -0.1) is 0 Å². The molecule has 0 amide bonds. The fourth-order valence-corrected chi connectivity index (χ4v) is 3.50. The Balaban J connectivity index is 1.74. The van der Waals surface area contributed by atoms with E-state index in [1.807, 2.05) is 0 Å². The number of halogens is 3. The number of aromatic amines is 1. The molecule has 2 aromatic carbocycles. The molecular weight excluding hydrogens is 423 g/mol. The number of aromatic nitrogens is 6. The van der Waals surface area contributed by atoms with Crippen LogP contribution in [0.3, 0.4) is 0 Å². The molecule has 0 radical (unpaired) electrons. The molecule has 3 heterocycles. The maximum Gasteiger partial charge on any atom is 0.266 e. The maximum absolute atomic E-state index is 14.7. The van der Waals surface area contributed by atoms with Gasteiger partial charge in [-0.05, 0) is 37.3 Å². The molecule has 3 aromatic heterocycles. The standard InChI is InChI=1S/C21H14F3N7O/c1-10(29-19-17-18(26-8-25-17)27-9-28-19)20-30-15-5-3-11(22)6-13(15)21(32)31(20)16-7-12(23)2-4-14(16)24/h2-10H,1H3,(H2,25,26,27,28,29). The third-order valence-electron chi connectivity index (χ3n) is 4.96. The van der Waals surface area contributed by atoms with Gasteiger partial charge in [0.25, 0.3) is 5.56 Å². The predicted octanol–water partition coefficient (Wildman–Crippen LogP) is 3.64. The van der Waals surface area contributed by atoms with Gasteiger partial charge in [0.15, 0.2) is 11.5 Å². The number of H-pyrrole nitrogens is 1. The fourth-order valence-electron chi connectivity index (χ4n) is 3.50. The monoisotopic (exact) mass is 437 g/mol. The van der Waals surface area contributed by atoms with Crippen LogP contribution in [0.4, 0.5) is 19.0 Å². The Morgan fingerprint density at radius 2 is 1.81 bits per heavy atom. The third-order valence-corrected chi connectivity index (χ3v) is 4.96. The van der Waals surface area contributed by atoms with E-state index >= 15 is 0 Å². The van der Waals surface area contributed by atoms with E-state index in [4.69, 9.17) is 0 Å². The van der Waals surface area contributed by atoms with Crippen molar-refractivity contribution >= 4 is 27.9 Å². The van der Waals surface area contributed by atoms with Crippen LogP contribution in [0.15, 0.2) is 53.8 Å². The van der Waals surface area contributed by atoms with Crippen LogP contribution in [0, 0.1) is 17.5 Å². The van der Waals surface area contributed by atoms with Gasteiger partial charge in [0.2, 0.25) is 0 Å². The van der Waals surface area contributed by atoms with E-state index < -0.39 is 29.1 Å². The van der Waals surface area contributed by atoms with Gasteiger partial charge in [-0.3, -0.25) is 9.36 Å². The lowest BCUT2D eigenvalue weighted by atomic mass is 10.2. The molecule has 0 aliphatic carbocycles. The minimum atomic E-state index is -0.837. The lowest BCUT2D eigenvalue weighted by molar-refractivity contribution is 0.584. The summed E-state index contributed by atoms with van der Waals surface area (Å²) in [5, 5.41) is 3.02. The highest BCUT2D eigenvalue weighted by Gasteiger charge is 2.22. The molecule has 0 fully saturated rings. The zero-order valence-electron chi connectivity index (χ0n) is 16.5. The van der Waals surface area contributed by atoms with Gasteiger partial charge in [0.05, 0.1) is 29.0 Å². The second kappa shape index (κ2) is 7.45. The molecule has 5 aromatic rings. The quantitative estimate of drug-likeness (QED) is 0.445. The molecule has 160 valence electrons. The first kappa shape index (κ1) is 19.7. The smallest absolute Gasteiger partial charge is 0.266 e. The SMILES string of the molecule is CC(Nc1ncnc2[nH]cnc12)c1nc2ccc(F)cc2c(=O)n1-c1cc(F)ccc1F. The topological polar surface area (TPSA) is 101 Å². The lowest BCUT2D eigenvalue weighted by Crippen LogP contribution is -2.28. The molecule has 32 heavy (non-hydrogen) atoms. The van der Waals surface area contributed by atoms with Crippen molar-refractivity contribution in [2.75, 3.05) is 5.32 Å². The van der Waals surface area contributed by atoms with E-state index in [9.17, 15) is 18.0 Å². The van der Waals surface area contributed by atoms with Crippen molar-refractivity contribution in [3.05, 3.63) is 82.7 Å². The van der Waals surface area contributed by atoms with Crippen LogP contribution in [0.1, 0.15) is 18.8 Å². The number of imidazole rings is 1. The molecule has 0 bridgehead atoms.